The molecule has 1 heterocycles. The monoisotopic (exact) mass is 250 g/mol. The summed E-state index contributed by atoms with van der Waals surface area (Å²) in [6.07, 6.45) is -0.205. The smallest absolute Gasteiger partial charge is 0.410 e. The lowest BCUT2D eigenvalue weighted by Crippen LogP contribution is -2.58. The SMILES string of the molecule is C[C@@H]1CNC[C@@H](C)N1C(=O)OC(C)(C)C.Cl. The molecule has 0 aromatic carbocycles. The van der Waals surface area contributed by atoms with Gasteiger partial charge in [-0.2, -0.15) is 0 Å². The molecule has 1 aliphatic heterocycles. The number of nitrogens with one attached hydrogen (secondary N) is 1. The van der Waals surface area contributed by atoms with Gasteiger partial charge in [-0.25, -0.2) is 4.79 Å². The number of halogens is 1. The van der Waals surface area contributed by atoms with E-state index in [1.165, 1.54) is 0 Å². The normalized spacial score (nSPS) is 25.9. The molecule has 0 unspecified atom stereocenters. The molecular weight excluding hydrogens is 228 g/mol. The zero-order valence-electron chi connectivity index (χ0n) is 10.7. The number of carbonyl (C=O) groups is 1. The zero-order valence-corrected chi connectivity index (χ0v) is 11.6. The third-order valence-corrected chi connectivity index (χ3v) is 2.43. The Hall–Kier alpha value is -0.480. The fourth-order valence-electron chi connectivity index (χ4n) is 1.81. The van der Waals surface area contributed by atoms with Crippen molar-refractivity contribution in [2.24, 2.45) is 0 Å². The van der Waals surface area contributed by atoms with Gasteiger partial charge in [0.05, 0.1) is 0 Å². The number of rotatable bonds is 0. The summed E-state index contributed by atoms with van der Waals surface area (Å²) in [5, 5.41) is 3.28. The Morgan fingerprint density at radius 2 is 1.69 bits per heavy atom. The summed E-state index contributed by atoms with van der Waals surface area (Å²) in [6.45, 7) is 11.4. The molecule has 1 saturated heterocycles. The Balaban J connectivity index is 0.00000225. The molecule has 0 aromatic rings. The van der Waals surface area contributed by atoms with Gasteiger partial charge in [-0.15, -0.1) is 12.4 Å². The van der Waals surface area contributed by atoms with Crippen molar-refractivity contribution in [3.8, 4) is 0 Å². The maximum atomic E-state index is 11.9. The van der Waals surface area contributed by atoms with E-state index >= 15 is 0 Å². The minimum atomic E-state index is -0.415. The predicted octanol–water partition coefficient (Wildman–Crippen LogP) is 2.03. The van der Waals surface area contributed by atoms with Crippen molar-refractivity contribution in [3.05, 3.63) is 0 Å². The van der Waals surface area contributed by atoms with Crippen LogP contribution in [0.25, 0.3) is 0 Å². The van der Waals surface area contributed by atoms with E-state index in [-0.39, 0.29) is 30.6 Å². The average Bonchev–Trinajstić information content (AvgIpc) is 1.99. The number of piperazine rings is 1. The molecule has 1 rings (SSSR count). The van der Waals surface area contributed by atoms with Crippen LogP contribution >= 0.6 is 12.4 Å². The van der Waals surface area contributed by atoms with Gasteiger partial charge in [0, 0.05) is 25.2 Å². The minimum absolute atomic E-state index is 0. The molecule has 2 atom stereocenters. The predicted molar refractivity (Wildman–Crippen MR) is 67.1 cm³/mol. The molecule has 0 radical (unpaired) electrons. The Kier molecular flexibility index (Phi) is 5.56. The van der Waals surface area contributed by atoms with E-state index in [9.17, 15) is 4.79 Å². The number of ether oxygens (including phenoxy) is 1. The van der Waals surface area contributed by atoms with E-state index in [0.717, 1.165) is 13.1 Å². The minimum Gasteiger partial charge on any atom is -0.444 e. The van der Waals surface area contributed by atoms with Crippen molar-refractivity contribution in [2.75, 3.05) is 13.1 Å². The maximum absolute atomic E-state index is 11.9. The van der Waals surface area contributed by atoms with E-state index in [1.54, 1.807) is 0 Å². The highest BCUT2D eigenvalue weighted by Crippen LogP contribution is 2.16. The summed E-state index contributed by atoms with van der Waals surface area (Å²) in [4.78, 5) is 13.7. The van der Waals surface area contributed by atoms with Gasteiger partial charge in [0.15, 0.2) is 0 Å². The van der Waals surface area contributed by atoms with Crippen LogP contribution in [0.2, 0.25) is 0 Å². The highest BCUT2D eigenvalue weighted by molar-refractivity contribution is 5.85. The Bertz CT molecular complexity index is 231. The topological polar surface area (TPSA) is 41.6 Å². The summed E-state index contributed by atoms with van der Waals surface area (Å²) >= 11 is 0. The summed E-state index contributed by atoms with van der Waals surface area (Å²) < 4.78 is 5.38. The molecule has 1 N–H and O–H groups in total. The van der Waals surface area contributed by atoms with Crippen LogP contribution in [0.1, 0.15) is 34.6 Å². The fourth-order valence-corrected chi connectivity index (χ4v) is 1.81. The van der Waals surface area contributed by atoms with Gasteiger partial charge >= 0.3 is 6.09 Å². The van der Waals surface area contributed by atoms with E-state index in [1.807, 2.05) is 39.5 Å². The average molecular weight is 251 g/mol. The van der Waals surface area contributed by atoms with Gasteiger partial charge in [-0.3, -0.25) is 0 Å². The first-order valence-electron chi connectivity index (χ1n) is 5.53. The lowest BCUT2D eigenvalue weighted by Gasteiger charge is -2.39. The molecule has 1 aliphatic rings. The van der Waals surface area contributed by atoms with Crippen molar-refractivity contribution in [3.63, 3.8) is 0 Å². The van der Waals surface area contributed by atoms with Crippen molar-refractivity contribution < 1.29 is 9.53 Å². The summed E-state index contributed by atoms with van der Waals surface area (Å²) in [6, 6.07) is 0.396. The summed E-state index contributed by atoms with van der Waals surface area (Å²) in [5.74, 6) is 0. The third-order valence-electron chi connectivity index (χ3n) is 2.43. The van der Waals surface area contributed by atoms with Gasteiger partial charge in [-0.1, -0.05) is 0 Å². The van der Waals surface area contributed by atoms with Crippen LogP contribution in [0, 0.1) is 0 Å². The maximum Gasteiger partial charge on any atom is 0.410 e. The quantitative estimate of drug-likeness (QED) is 0.715. The molecule has 0 bridgehead atoms. The molecule has 4 nitrogen and oxygen atoms in total. The zero-order chi connectivity index (χ0) is 11.6. The van der Waals surface area contributed by atoms with Crippen LogP contribution in [0.4, 0.5) is 4.79 Å². The molecule has 1 fully saturated rings. The van der Waals surface area contributed by atoms with Crippen LogP contribution in [-0.2, 0) is 4.74 Å². The van der Waals surface area contributed by atoms with Gasteiger partial charge < -0.3 is 15.0 Å². The first kappa shape index (κ1) is 15.5. The standard InChI is InChI=1S/C11H22N2O2.ClH/c1-8-6-12-7-9(2)13(8)10(14)15-11(3,4)5;/h8-9,12H,6-7H2,1-5H3;1H/t8-,9-;/m1./s1. The van der Waals surface area contributed by atoms with Gasteiger partial charge in [0.2, 0.25) is 0 Å². The Morgan fingerprint density at radius 1 is 1.25 bits per heavy atom. The van der Waals surface area contributed by atoms with E-state index in [2.05, 4.69) is 5.32 Å². The van der Waals surface area contributed by atoms with Crippen molar-refractivity contribution in [1.82, 2.24) is 10.2 Å². The van der Waals surface area contributed by atoms with Gasteiger partial charge in [0.1, 0.15) is 5.60 Å². The van der Waals surface area contributed by atoms with Crippen LogP contribution in [-0.4, -0.2) is 41.8 Å². The third kappa shape index (κ3) is 4.18. The molecular formula is C11H23ClN2O2. The van der Waals surface area contributed by atoms with Crippen LogP contribution in [0.5, 0.6) is 0 Å². The molecule has 0 aliphatic carbocycles. The van der Waals surface area contributed by atoms with Crippen molar-refractivity contribution >= 4 is 18.5 Å². The van der Waals surface area contributed by atoms with Crippen LogP contribution in [0.3, 0.4) is 0 Å². The molecule has 1 amide bonds. The van der Waals surface area contributed by atoms with Crippen molar-refractivity contribution in [1.29, 1.82) is 0 Å². The fraction of sp³-hybridized carbons (Fsp3) is 0.909. The van der Waals surface area contributed by atoms with Gasteiger partial charge in [-0.05, 0) is 34.6 Å². The Labute approximate surface area is 104 Å². The first-order valence-corrected chi connectivity index (χ1v) is 5.53. The number of hydrogen-bond donors (Lipinski definition) is 1. The summed E-state index contributed by atoms with van der Waals surface area (Å²) in [7, 11) is 0. The molecule has 16 heavy (non-hydrogen) atoms. The lowest BCUT2D eigenvalue weighted by atomic mass is 10.1. The Morgan fingerprint density at radius 3 is 2.06 bits per heavy atom. The molecule has 0 saturated carbocycles. The highest BCUT2D eigenvalue weighted by atomic mass is 35.5. The summed E-state index contributed by atoms with van der Waals surface area (Å²) in [5.41, 5.74) is -0.415. The first-order chi connectivity index (χ1) is 6.81. The highest BCUT2D eigenvalue weighted by Gasteiger charge is 2.32. The molecule has 5 heteroatoms. The van der Waals surface area contributed by atoms with E-state index in [4.69, 9.17) is 4.74 Å². The van der Waals surface area contributed by atoms with Gasteiger partial charge in [0.25, 0.3) is 0 Å². The second-order valence-corrected chi connectivity index (χ2v) is 5.24. The van der Waals surface area contributed by atoms with Crippen LogP contribution < -0.4 is 5.32 Å². The number of carbonyl (C=O) groups excluding carboxylic acids is 1. The number of nitrogens with zero attached hydrogens (tertiary/aromatic N) is 1. The molecule has 96 valence electrons. The molecule has 0 spiro atoms. The van der Waals surface area contributed by atoms with E-state index < -0.39 is 5.60 Å². The lowest BCUT2D eigenvalue weighted by molar-refractivity contribution is 0.00303. The van der Waals surface area contributed by atoms with E-state index in [0.29, 0.717) is 0 Å². The molecule has 0 aromatic heterocycles. The largest absolute Gasteiger partial charge is 0.444 e. The second-order valence-electron chi connectivity index (χ2n) is 5.24. The second kappa shape index (κ2) is 5.73. The number of hydrogen-bond acceptors (Lipinski definition) is 3. The van der Waals surface area contributed by atoms with Crippen molar-refractivity contribution in [2.45, 2.75) is 52.3 Å². The number of amides is 1. The van der Waals surface area contributed by atoms with Crippen LogP contribution in [0.15, 0.2) is 0 Å².